The number of rotatable bonds is 11. The summed E-state index contributed by atoms with van der Waals surface area (Å²) in [5.74, 6) is 2.79. The highest BCUT2D eigenvalue weighted by atomic mass is 31.2. The molecule has 5 heteroatoms. The van der Waals surface area contributed by atoms with Crippen molar-refractivity contribution in [2.75, 3.05) is 0 Å². The van der Waals surface area contributed by atoms with Crippen LogP contribution in [-0.2, 0) is 32.5 Å². The number of hydrogen-bond acceptors (Lipinski definition) is 3. The minimum atomic E-state index is -1.64. The van der Waals surface area contributed by atoms with Crippen LogP contribution >= 0.6 is 16.5 Å². The molecular formula is C69H86O3P2. The first-order valence-corrected chi connectivity index (χ1v) is 29.1. The van der Waals surface area contributed by atoms with E-state index in [2.05, 4.69) is 285 Å². The second-order valence-corrected chi connectivity index (χ2v) is 30.0. The molecule has 390 valence electrons. The predicted octanol–water partition coefficient (Wildman–Crippen LogP) is 19.3. The van der Waals surface area contributed by atoms with Crippen molar-refractivity contribution in [1.29, 1.82) is 0 Å². The minimum absolute atomic E-state index is 0.0115. The summed E-state index contributed by atoms with van der Waals surface area (Å²) < 4.78 is 22.2. The molecule has 3 nitrogen and oxygen atoms in total. The minimum Gasteiger partial charge on any atom is -0.464 e. The third kappa shape index (κ3) is 13.1. The van der Waals surface area contributed by atoms with Crippen LogP contribution in [0, 0.1) is 20.8 Å². The standard InChI is InChI=1S/C69H86O3P2/c1-45-39-52(64(4,5)6)42-58(67(13,14)15)61(45)70-73(55-33-27-49(28-34-55)48-25-23-22-24-26-48)56-35-29-50(30-36-56)51-31-37-57(38-32-51)74(71-62-46(2)40-53(65(7,8)9)43-59(62)68(16,17)18)72-63-47(3)41-54(66(10,11)12)44-60(63)69(19,20)21/h22-44H,1-21H3. The van der Waals surface area contributed by atoms with E-state index in [1.165, 1.54) is 55.4 Å². The monoisotopic (exact) mass is 1020 g/mol. The SMILES string of the molecule is Cc1cc(C(C)(C)C)cc(C(C)(C)C)c1OP(Oc1c(C)cc(C(C)(C)C)cc1C(C)(C)C)c1ccc(-c2ccc(P(Oc3c(C)cc(C(C)(C)C)cc3C(C)(C)C)c3ccc(-c4ccccc4)cc3)cc2)cc1. The molecule has 0 N–H and O–H groups in total. The first kappa shape index (κ1) is 56.5. The van der Waals surface area contributed by atoms with Gasteiger partial charge in [0.15, 0.2) is 8.15 Å². The van der Waals surface area contributed by atoms with Gasteiger partial charge < -0.3 is 13.6 Å². The van der Waals surface area contributed by atoms with E-state index in [1.807, 2.05) is 0 Å². The molecule has 7 aromatic rings. The molecule has 74 heavy (non-hydrogen) atoms. The Morgan fingerprint density at radius 2 is 0.554 bits per heavy atom. The molecule has 0 saturated carbocycles. The first-order chi connectivity index (χ1) is 34.2. The fraction of sp³-hybridized carbons (Fsp3) is 0.391. The molecule has 0 radical (unpaired) electrons. The molecule has 0 heterocycles. The van der Waals surface area contributed by atoms with E-state index >= 15 is 0 Å². The maximum Gasteiger partial charge on any atom is 0.326 e. The van der Waals surface area contributed by atoms with Crippen LogP contribution in [0.3, 0.4) is 0 Å². The zero-order chi connectivity index (χ0) is 54.5. The van der Waals surface area contributed by atoms with Gasteiger partial charge >= 0.3 is 8.38 Å². The van der Waals surface area contributed by atoms with Gasteiger partial charge in [-0.25, -0.2) is 0 Å². The van der Waals surface area contributed by atoms with E-state index < -0.39 is 16.5 Å². The van der Waals surface area contributed by atoms with Crippen LogP contribution in [-0.4, -0.2) is 0 Å². The van der Waals surface area contributed by atoms with Crippen LogP contribution in [0.1, 0.15) is 175 Å². The molecule has 0 aromatic heterocycles. The molecule has 0 fully saturated rings. The molecule has 0 aliphatic carbocycles. The summed E-state index contributed by atoms with van der Waals surface area (Å²) in [6, 6.07) is 51.5. The maximum atomic E-state index is 7.43. The average Bonchev–Trinajstić information content (AvgIpc) is 3.30. The van der Waals surface area contributed by atoms with E-state index in [0.29, 0.717) is 0 Å². The number of hydrogen-bond donors (Lipinski definition) is 0. The van der Waals surface area contributed by atoms with E-state index in [4.69, 9.17) is 13.6 Å². The highest BCUT2D eigenvalue weighted by Crippen LogP contribution is 2.50. The quantitative estimate of drug-likeness (QED) is 0.121. The molecule has 0 bridgehead atoms. The lowest BCUT2D eigenvalue weighted by Crippen LogP contribution is -2.21. The largest absolute Gasteiger partial charge is 0.464 e. The lowest BCUT2D eigenvalue weighted by molar-refractivity contribution is 0.462. The van der Waals surface area contributed by atoms with Gasteiger partial charge in [-0.15, -0.1) is 0 Å². The van der Waals surface area contributed by atoms with Gasteiger partial charge in [-0.3, -0.25) is 0 Å². The molecule has 0 aliphatic heterocycles. The van der Waals surface area contributed by atoms with Crippen molar-refractivity contribution in [2.24, 2.45) is 0 Å². The number of benzene rings is 7. The van der Waals surface area contributed by atoms with Crippen molar-refractivity contribution in [1.82, 2.24) is 0 Å². The lowest BCUT2D eigenvalue weighted by Gasteiger charge is -2.32. The van der Waals surface area contributed by atoms with E-state index in [0.717, 1.165) is 50.1 Å². The summed E-state index contributed by atoms with van der Waals surface area (Å²) in [5.41, 5.74) is 15.1. The molecule has 0 aliphatic rings. The van der Waals surface area contributed by atoms with Crippen molar-refractivity contribution in [3.8, 4) is 39.5 Å². The van der Waals surface area contributed by atoms with Crippen LogP contribution in [0.4, 0.5) is 0 Å². The molecule has 7 aromatic carbocycles. The summed E-state index contributed by atoms with van der Waals surface area (Å²) in [7, 11) is -2.89. The summed E-state index contributed by atoms with van der Waals surface area (Å²) in [6.45, 7) is 47.7. The van der Waals surface area contributed by atoms with Gasteiger partial charge in [0, 0.05) is 27.3 Å². The van der Waals surface area contributed by atoms with Gasteiger partial charge in [-0.1, -0.05) is 252 Å². The molecule has 1 unspecified atom stereocenters. The van der Waals surface area contributed by atoms with Gasteiger partial charge in [0.25, 0.3) is 0 Å². The van der Waals surface area contributed by atoms with Crippen LogP contribution in [0.5, 0.6) is 17.2 Å². The van der Waals surface area contributed by atoms with Crippen LogP contribution in [0.15, 0.2) is 140 Å². The van der Waals surface area contributed by atoms with Crippen molar-refractivity contribution in [2.45, 2.75) is 178 Å². The summed E-state index contributed by atoms with van der Waals surface area (Å²) >= 11 is 0. The third-order valence-electron chi connectivity index (χ3n) is 14.1. The van der Waals surface area contributed by atoms with E-state index in [9.17, 15) is 0 Å². The Bertz CT molecular complexity index is 2980. The van der Waals surface area contributed by atoms with Crippen molar-refractivity contribution >= 4 is 32.4 Å². The van der Waals surface area contributed by atoms with Crippen LogP contribution in [0.2, 0.25) is 0 Å². The third-order valence-corrected chi connectivity index (χ3v) is 17.4. The summed E-state index contributed by atoms with van der Waals surface area (Å²) in [6.07, 6.45) is 0. The summed E-state index contributed by atoms with van der Waals surface area (Å²) in [5, 5.41) is 3.33. The van der Waals surface area contributed by atoms with Crippen LogP contribution < -0.4 is 29.5 Å². The van der Waals surface area contributed by atoms with Gasteiger partial charge in [-0.2, -0.15) is 0 Å². The Hall–Kier alpha value is -5.20. The highest BCUT2D eigenvalue weighted by Gasteiger charge is 2.33. The van der Waals surface area contributed by atoms with Crippen molar-refractivity contribution in [3.05, 3.63) is 190 Å². The van der Waals surface area contributed by atoms with Gasteiger partial charge in [0.05, 0.1) is 5.30 Å². The first-order valence-electron chi connectivity index (χ1n) is 26.7. The highest BCUT2D eigenvalue weighted by molar-refractivity contribution is 7.68. The Morgan fingerprint density at radius 1 is 0.284 bits per heavy atom. The van der Waals surface area contributed by atoms with Crippen molar-refractivity contribution in [3.63, 3.8) is 0 Å². The smallest absolute Gasteiger partial charge is 0.326 e. The number of aryl methyl sites for hydroxylation is 3. The van der Waals surface area contributed by atoms with Gasteiger partial charge in [-0.05, 0) is 121 Å². The van der Waals surface area contributed by atoms with Crippen LogP contribution in [0.25, 0.3) is 22.3 Å². The second kappa shape index (κ2) is 21.1. The average molecular weight is 1030 g/mol. The Labute approximate surface area is 450 Å². The van der Waals surface area contributed by atoms with E-state index in [-0.39, 0.29) is 32.5 Å². The normalized spacial score (nSPS) is 13.3. The molecule has 0 saturated heterocycles. The fourth-order valence-electron chi connectivity index (χ4n) is 9.28. The van der Waals surface area contributed by atoms with Gasteiger partial charge in [0.2, 0.25) is 0 Å². The molecule has 1 atom stereocenters. The Morgan fingerprint density at radius 3 is 0.838 bits per heavy atom. The molecule has 0 spiro atoms. The Balaban J connectivity index is 1.30. The van der Waals surface area contributed by atoms with E-state index in [1.54, 1.807) is 0 Å². The Kier molecular flexibility index (Phi) is 16.1. The lowest BCUT2D eigenvalue weighted by atomic mass is 9.79. The fourth-order valence-corrected chi connectivity index (χ4v) is 12.5. The zero-order valence-electron chi connectivity index (χ0n) is 48.9. The second-order valence-electron chi connectivity index (χ2n) is 26.8. The molecule has 7 rings (SSSR count). The molecular weight excluding hydrogens is 939 g/mol. The molecule has 0 amide bonds. The topological polar surface area (TPSA) is 27.7 Å². The predicted molar refractivity (Wildman–Crippen MR) is 324 cm³/mol. The maximum absolute atomic E-state index is 7.43. The zero-order valence-corrected chi connectivity index (χ0v) is 50.7. The van der Waals surface area contributed by atoms with Crippen molar-refractivity contribution < 1.29 is 13.6 Å². The van der Waals surface area contributed by atoms with Gasteiger partial charge in [0.1, 0.15) is 17.2 Å². The summed E-state index contributed by atoms with van der Waals surface area (Å²) in [4.78, 5) is 0.